The molecule has 0 aliphatic carbocycles. The first-order valence-electron chi connectivity index (χ1n) is 18.1. The zero-order valence-corrected chi connectivity index (χ0v) is 33.2. The summed E-state index contributed by atoms with van der Waals surface area (Å²) in [6.07, 6.45) is 3.46. The van der Waals surface area contributed by atoms with Crippen LogP contribution in [0.15, 0.2) is 48.4 Å². The van der Waals surface area contributed by atoms with Crippen LogP contribution >= 0.6 is 11.3 Å². The highest BCUT2D eigenvalue weighted by Crippen LogP contribution is 2.32. The summed E-state index contributed by atoms with van der Waals surface area (Å²) in [6, 6.07) is 9.39. The van der Waals surface area contributed by atoms with Crippen molar-refractivity contribution in [1.29, 1.82) is 0 Å². The number of nitrogens with one attached hydrogen (secondary N) is 1. The molecule has 1 amide bonds. The Morgan fingerprint density at radius 1 is 1.06 bits per heavy atom. The Morgan fingerprint density at radius 2 is 1.73 bits per heavy atom. The van der Waals surface area contributed by atoms with Crippen molar-refractivity contribution < 1.29 is 33.4 Å². The van der Waals surface area contributed by atoms with Gasteiger partial charge in [-0.3, -0.25) is 19.2 Å². The van der Waals surface area contributed by atoms with Gasteiger partial charge in [-0.2, -0.15) is 0 Å². The number of benzene rings is 1. The summed E-state index contributed by atoms with van der Waals surface area (Å²) in [6.45, 7) is 21.7. The normalized spacial score (nSPS) is 15.3. The van der Waals surface area contributed by atoms with Crippen molar-refractivity contribution in [2.75, 3.05) is 20.2 Å². The van der Waals surface area contributed by atoms with Crippen LogP contribution in [0.1, 0.15) is 115 Å². The van der Waals surface area contributed by atoms with Gasteiger partial charge in [-0.25, -0.2) is 4.98 Å². The highest BCUT2D eigenvalue weighted by molar-refractivity contribution is 7.09. The van der Waals surface area contributed by atoms with Gasteiger partial charge < -0.3 is 24.4 Å². The van der Waals surface area contributed by atoms with Crippen LogP contribution in [0.3, 0.4) is 0 Å². The Labute approximate surface area is 309 Å². The minimum atomic E-state index is -0.670. The van der Waals surface area contributed by atoms with E-state index in [9.17, 15) is 19.2 Å². The third-order valence-corrected chi connectivity index (χ3v) is 9.93. The zero-order valence-electron chi connectivity index (χ0n) is 32.4. The minimum Gasteiger partial charge on any atom is -0.461 e. The van der Waals surface area contributed by atoms with Crippen LogP contribution in [0.2, 0.25) is 0 Å². The lowest BCUT2D eigenvalue weighted by molar-refractivity contribution is -0.157. The molecule has 0 aliphatic heterocycles. The van der Waals surface area contributed by atoms with E-state index in [1.165, 1.54) is 24.3 Å². The van der Waals surface area contributed by atoms with Crippen LogP contribution in [-0.2, 0) is 35.0 Å². The minimum absolute atomic E-state index is 0.0155. The summed E-state index contributed by atoms with van der Waals surface area (Å²) < 4.78 is 16.7. The molecule has 6 atom stereocenters. The van der Waals surface area contributed by atoms with Gasteiger partial charge in [0.25, 0.3) is 5.91 Å². The molecule has 1 aromatic heterocycles. The molecule has 0 bridgehead atoms. The Morgan fingerprint density at radius 3 is 2.29 bits per heavy atom. The maximum atomic E-state index is 13.6. The molecule has 10 nitrogen and oxygen atoms in total. The number of rotatable bonds is 21. The van der Waals surface area contributed by atoms with Gasteiger partial charge in [0.1, 0.15) is 22.9 Å². The fraction of sp³-hybridized carbons (Fsp3) is 0.625. The molecule has 0 aliphatic rings. The standard InChI is InChI=1S/C40H61N3O7S/c1-12-19-48-39(47)28(6)20-32(21-30-17-15-14-16-18-30)41-37(46)33-25-51-38(42-33)35(49-29(7)44)23-34(26(3)4)43(11)24-31(27(5)13-2)22-36(45)50-40(8,9)10/h12,14-18,25-28,31-32,34-35H,1,13,19-24H2,2-11H3,(H,41,46)/t27-,28-,31+,32+,34+,35+/m0/s1. The molecular formula is C40H61N3O7S. The third kappa shape index (κ3) is 15.7. The molecular weight excluding hydrogens is 667 g/mol. The fourth-order valence-electron chi connectivity index (χ4n) is 6.16. The average molecular weight is 728 g/mol. The number of amides is 1. The number of carbonyl (C=O) groups is 4. The molecule has 2 aromatic rings. The maximum Gasteiger partial charge on any atom is 0.309 e. The van der Waals surface area contributed by atoms with E-state index in [-0.39, 0.29) is 54.1 Å². The number of hydrogen-bond donors (Lipinski definition) is 1. The van der Waals surface area contributed by atoms with E-state index >= 15 is 0 Å². The zero-order chi connectivity index (χ0) is 38.3. The summed E-state index contributed by atoms with van der Waals surface area (Å²) in [5.74, 6) is -1.26. The first-order chi connectivity index (χ1) is 23.9. The molecule has 0 spiro atoms. The quantitative estimate of drug-likeness (QED) is 0.0787. The molecule has 0 saturated heterocycles. The van der Waals surface area contributed by atoms with Crippen molar-refractivity contribution in [2.24, 2.45) is 23.7 Å². The van der Waals surface area contributed by atoms with Crippen molar-refractivity contribution in [2.45, 2.75) is 118 Å². The smallest absolute Gasteiger partial charge is 0.309 e. The Kier molecular flexibility index (Phi) is 18.0. The van der Waals surface area contributed by atoms with Gasteiger partial charge >= 0.3 is 17.9 Å². The molecule has 2 rings (SSSR count). The summed E-state index contributed by atoms with van der Waals surface area (Å²) in [4.78, 5) is 58.2. The molecule has 0 radical (unpaired) electrons. The van der Waals surface area contributed by atoms with E-state index in [1.807, 2.05) is 58.2 Å². The third-order valence-electron chi connectivity index (χ3n) is 8.99. The predicted octanol–water partition coefficient (Wildman–Crippen LogP) is 7.58. The number of esters is 3. The van der Waals surface area contributed by atoms with Crippen LogP contribution in [0, 0.1) is 23.7 Å². The number of nitrogens with zero attached hydrogens (tertiary/aromatic N) is 2. The summed E-state index contributed by atoms with van der Waals surface area (Å²) in [7, 11) is 2.04. The summed E-state index contributed by atoms with van der Waals surface area (Å²) in [5, 5.41) is 5.29. The van der Waals surface area contributed by atoms with Crippen LogP contribution < -0.4 is 5.32 Å². The van der Waals surface area contributed by atoms with E-state index in [4.69, 9.17) is 14.2 Å². The van der Waals surface area contributed by atoms with Gasteiger partial charge in [0, 0.05) is 43.8 Å². The number of aromatic nitrogens is 1. The van der Waals surface area contributed by atoms with Gasteiger partial charge in [0.2, 0.25) is 0 Å². The second kappa shape index (κ2) is 21.1. The van der Waals surface area contributed by atoms with Crippen molar-refractivity contribution in [3.63, 3.8) is 0 Å². The average Bonchev–Trinajstić information content (AvgIpc) is 3.54. The van der Waals surface area contributed by atoms with E-state index in [2.05, 4.69) is 49.5 Å². The van der Waals surface area contributed by atoms with Crippen molar-refractivity contribution in [1.82, 2.24) is 15.2 Å². The lowest BCUT2D eigenvalue weighted by Gasteiger charge is -2.37. The van der Waals surface area contributed by atoms with Gasteiger partial charge in [0.15, 0.2) is 6.10 Å². The van der Waals surface area contributed by atoms with E-state index < -0.39 is 23.6 Å². The highest BCUT2D eigenvalue weighted by Gasteiger charge is 2.32. The lowest BCUT2D eigenvalue weighted by Crippen LogP contribution is -2.42. The second-order valence-electron chi connectivity index (χ2n) is 15.0. The highest BCUT2D eigenvalue weighted by atomic mass is 32.1. The molecule has 51 heavy (non-hydrogen) atoms. The first kappa shape index (κ1) is 43.6. The molecule has 0 fully saturated rings. The second-order valence-corrected chi connectivity index (χ2v) is 15.9. The number of thiazole rings is 1. The molecule has 1 heterocycles. The Hall–Kier alpha value is -3.57. The topological polar surface area (TPSA) is 124 Å². The van der Waals surface area contributed by atoms with Crippen LogP contribution in [-0.4, -0.2) is 71.6 Å². The molecule has 0 unspecified atom stereocenters. The number of ether oxygens (including phenoxy) is 3. The van der Waals surface area contributed by atoms with Gasteiger partial charge in [-0.05, 0) is 64.0 Å². The molecule has 0 saturated carbocycles. The first-order valence-corrected chi connectivity index (χ1v) is 19.0. The van der Waals surface area contributed by atoms with Gasteiger partial charge in [-0.1, -0.05) is 84.0 Å². The predicted molar refractivity (Wildman–Crippen MR) is 202 cm³/mol. The Bertz CT molecular complexity index is 1400. The molecule has 11 heteroatoms. The lowest BCUT2D eigenvalue weighted by atomic mass is 9.87. The van der Waals surface area contributed by atoms with Crippen molar-refractivity contribution >= 4 is 35.2 Å². The molecule has 1 aromatic carbocycles. The SMILES string of the molecule is C=CCOC(=O)[C@@H](C)C[C@H](Cc1ccccc1)NC(=O)c1csc([C@@H](C[C@H](C(C)C)N(C)C[C@@H](CC(=O)OC(C)(C)C)[C@@H](C)CC)OC(C)=O)n1. The monoisotopic (exact) mass is 727 g/mol. The number of carbonyl (C=O) groups excluding carboxylic acids is 4. The molecule has 284 valence electrons. The van der Waals surface area contributed by atoms with Crippen LogP contribution in [0.25, 0.3) is 0 Å². The van der Waals surface area contributed by atoms with E-state index in [1.54, 1.807) is 12.3 Å². The molecule has 1 N–H and O–H groups in total. The Balaban J connectivity index is 2.27. The maximum absolute atomic E-state index is 13.6. The van der Waals surface area contributed by atoms with E-state index in [0.717, 1.165) is 12.0 Å². The number of hydrogen-bond acceptors (Lipinski definition) is 10. The van der Waals surface area contributed by atoms with E-state index in [0.29, 0.717) is 43.2 Å². The van der Waals surface area contributed by atoms with Crippen LogP contribution in [0.4, 0.5) is 0 Å². The van der Waals surface area contributed by atoms with Crippen molar-refractivity contribution in [3.05, 3.63) is 64.6 Å². The summed E-state index contributed by atoms with van der Waals surface area (Å²) in [5.41, 5.74) is 0.689. The van der Waals surface area contributed by atoms with Crippen LogP contribution in [0.5, 0.6) is 0 Å². The van der Waals surface area contributed by atoms with Gasteiger partial charge in [0.05, 0.1) is 5.92 Å². The fourth-order valence-corrected chi connectivity index (χ4v) is 7.00. The summed E-state index contributed by atoms with van der Waals surface area (Å²) >= 11 is 1.28. The van der Waals surface area contributed by atoms with Crippen molar-refractivity contribution in [3.8, 4) is 0 Å². The van der Waals surface area contributed by atoms with Gasteiger partial charge in [-0.15, -0.1) is 11.3 Å². The largest absolute Gasteiger partial charge is 0.461 e.